The largest absolute Gasteiger partial charge is 0.470 e. The minimum absolute atomic E-state index is 0.00225. The summed E-state index contributed by atoms with van der Waals surface area (Å²) in [5.41, 5.74) is 0.192. The summed E-state index contributed by atoms with van der Waals surface area (Å²) in [6, 6.07) is 11.5. The van der Waals surface area contributed by atoms with Crippen LogP contribution in [0.1, 0.15) is 21.6 Å². The van der Waals surface area contributed by atoms with Gasteiger partial charge in [0.15, 0.2) is 12.4 Å². The molecule has 4 aromatic rings. The number of carbonyl (C=O) groups excluding carboxylic acids is 1. The number of hydrogen-bond acceptors (Lipinski definition) is 4. The first-order valence-electron chi connectivity index (χ1n) is 9.79. The molecule has 2 heterocycles. The number of carbonyl (C=O) groups is 1. The Labute approximate surface area is 201 Å². The van der Waals surface area contributed by atoms with E-state index in [-0.39, 0.29) is 24.0 Å². The molecule has 0 saturated carbocycles. The van der Waals surface area contributed by atoms with Crippen molar-refractivity contribution in [3.8, 4) is 5.75 Å². The lowest BCUT2D eigenvalue weighted by atomic mass is 10.1. The van der Waals surface area contributed by atoms with E-state index in [0.29, 0.717) is 22.0 Å². The number of benzene rings is 2. The Bertz CT molecular complexity index is 1320. The number of halogens is 5. The normalized spacial score (nSPS) is 11.4. The molecule has 0 atom stereocenters. The predicted octanol–water partition coefficient (Wildman–Crippen LogP) is 5.74. The molecule has 2 aromatic carbocycles. The quantitative estimate of drug-likeness (QED) is 0.344. The van der Waals surface area contributed by atoms with Gasteiger partial charge < -0.3 is 10.1 Å². The fraction of sp³-hybridized carbons (Fsp3) is 0.136. The Kier molecular flexibility index (Phi) is 6.80. The Hall–Kier alpha value is -3.50. The van der Waals surface area contributed by atoms with Crippen molar-refractivity contribution in [3.63, 3.8) is 0 Å². The standard InChI is InChI=1S/C22H16Cl2F3N5O2/c23-17-5-2-6-19(20(17)24)34-13-31-8-7-18(30-31)21(33)29-16-10-28-32(12-16)11-14-3-1-4-15(9-14)22(25,26)27/h1-10,12H,11,13H2,(H,29,33). The van der Waals surface area contributed by atoms with Crippen LogP contribution in [0, 0.1) is 0 Å². The van der Waals surface area contributed by atoms with E-state index in [1.165, 1.54) is 33.9 Å². The third-order valence-electron chi connectivity index (χ3n) is 4.63. The monoisotopic (exact) mass is 509 g/mol. The highest BCUT2D eigenvalue weighted by atomic mass is 35.5. The van der Waals surface area contributed by atoms with Gasteiger partial charge in [0, 0.05) is 12.4 Å². The molecule has 1 amide bonds. The molecule has 176 valence electrons. The summed E-state index contributed by atoms with van der Waals surface area (Å²) >= 11 is 12.0. The maximum atomic E-state index is 12.9. The zero-order valence-electron chi connectivity index (χ0n) is 17.3. The van der Waals surface area contributed by atoms with Crippen LogP contribution in [0.4, 0.5) is 18.9 Å². The second-order valence-corrected chi connectivity index (χ2v) is 7.93. The summed E-state index contributed by atoms with van der Waals surface area (Å²) in [6.07, 6.45) is 0.0463. The lowest BCUT2D eigenvalue weighted by molar-refractivity contribution is -0.137. The molecule has 0 bridgehead atoms. The number of ether oxygens (including phenoxy) is 1. The first-order valence-corrected chi connectivity index (χ1v) is 10.5. The third-order valence-corrected chi connectivity index (χ3v) is 5.43. The van der Waals surface area contributed by atoms with Crippen molar-refractivity contribution < 1.29 is 22.7 Å². The van der Waals surface area contributed by atoms with E-state index in [2.05, 4.69) is 15.5 Å². The van der Waals surface area contributed by atoms with Crippen molar-refractivity contribution in [2.45, 2.75) is 19.5 Å². The number of hydrogen-bond donors (Lipinski definition) is 1. The van der Waals surface area contributed by atoms with Crippen LogP contribution in [0.2, 0.25) is 10.0 Å². The zero-order valence-corrected chi connectivity index (χ0v) is 18.8. The molecule has 0 aliphatic rings. The number of anilines is 1. The average molecular weight is 510 g/mol. The second-order valence-electron chi connectivity index (χ2n) is 7.14. The van der Waals surface area contributed by atoms with Crippen molar-refractivity contribution in [1.82, 2.24) is 19.6 Å². The zero-order chi connectivity index (χ0) is 24.3. The van der Waals surface area contributed by atoms with Gasteiger partial charge in [-0.2, -0.15) is 23.4 Å². The van der Waals surface area contributed by atoms with Crippen LogP contribution < -0.4 is 10.1 Å². The Balaban J connectivity index is 1.35. The second kappa shape index (κ2) is 9.78. The molecule has 0 saturated heterocycles. The summed E-state index contributed by atoms with van der Waals surface area (Å²) in [5, 5.41) is 11.5. The lowest BCUT2D eigenvalue weighted by Gasteiger charge is -2.08. The smallest absolute Gasteiger partial charge is 0.416 e. The van der Waals surface area contributed by atoms with E-state index >= 15 is 0 Å². The lowest BCUT2D eigenvalue weighted by Crippen LogP contribution is -2.14. The molecule has 2 aromatic heterocycles. The minimum Gasteiger partial charge on any atom is -0.470 e. The molecule has 1 N–H and O–H groups in total. The van der Waals surface area contributed by atoms with Crippen LogP contribution in [0.25, 0.3) is 0 Å². The minimum atomic E-state index is -4.42. The van der Waals surface area contributed by atoms with E-state index in [9.17, 15) is 18.0 Å². The molecule has 0 radical (unpaired) electrons. The Morgan fingerprint density at radius 3 is 2.68 bits per heavy atom. The van der Waals surface area contributed by atoms with Crippen molar-refractivity contribution >= 4 is 34.8 Å². The van der Waals surface area contributed by atoms with Crippen LogP contribution in [-0.4, -0.2) is 25.5 Å². The van der Waals surface area contributed by atoms with Gasteiger partial charge in [-0.25, -0.2) is 4.68 Å². The summed E-state index contributed by atoms with van der Waals surface area (Å²) < 4.78 is 47.1. The fourth-order valence-corrected chi connectivity index (χ4v) is 3.38. The van der Waals surface area contributed by atoms with Crippen molar-refractivity contribution in [3.05, 3.63) is 94.0 Å². The maximum Gasteiger partial charge on any atom is 0.416 e. The van der Waals surface area contributed by atoms with Crippen LogP contribution in [0.3, 0.4) is 0 Å². The van der Waals surface area contributed by atoms with Crippen LogP contribution in [0.15, 0.2) is 67.1 Å². The van der Waals surface area contributed by atoms with E-state index in [1.54, 1.807) is 30.5 Å². The molecule has 0 aliphatic heterocycles. The van der Waals surface area contributed by atoms with Gasteiger partial charge in [0.25, 0.3) is 5.91 Å². The molecule has 0 aliphatic carbocycles. The summed E-state index contributed by atoms with van der Waals surface area (Å²) in [6.45, 7) is 0.111. The van der Waals surface area contributed by atoms with Crippen molar-refractivity contribution in [1.29, 1.82) is 0 Å². The first-order chi connectivity index (χ1) is 16.2. The van der Waals surface area contributed by atoms with Gasteiger partial charge in [-0.3, -0.25) is 9.48 Å². The van der Waals surface area contributed by atoms with Crippen LogP contribution in [0.5, 0.6) is 5.75 Å². The topological polar surface area (TPSA) is 74.0 Å². The number of alkyl halides is 3. The SMILES string of the molecule is O=C(Nc1cnn(Cc2cccc(C(F)(F)F)c2)c1)c1ccn(COc2cccc(Cl)c2Cl)n1. The van der Waals surface area contributed by atoms with Crippen LogP contribution in [-0.2, 0) is 19.5 Å². The highest BCUT2D eigenvalue weighted by Crippen LogP contribution is 2.32. The Morgan fingerprint density at radius 2 is 1.88 bits per heavy atom. The average Bonchev–Trinajstić information content (AvgIpc) is 3.44. The summed E-state index contributed by atoms with van der Waals surface area (Å²) in [7, 11) is 0. The molecule has 34 heavy (non-hydrogen) atoms. The van der Waals surface area contributed by atoms with Gasteiger partial charge in [-0.15, -0.1) is 0 Å². The van der Waals surface area contributed by atoms with E-state index in [4.69, 9.17) is 27.9 Å². The molecular formula is C22H16Cl2F3N5O2. The van der Waals surface area contributed by atoms with Gasteiger partial charge >= 0.3 is 6.18 Å². The molecule has 7 nitrogen and oxygen atoms in total. The van der Waals surface area contributed by atoms with Gasteiger partial charge in [0.2, 0.25) is 0 Å². The van der Waals surface area contributed by atoms with Crippen molar-refractivity contribution in [2.24, 2.45) is 0 Å². The van der Waals surface area contributed by atoms with Gasteiger partial charge in [-0.05, 0) is 35.9 Å². The number of aromatic nitrogens is 4. The first kappa shape index (κ1) is 23.7. The number of nitrogens with one attached hydrogen (secondary N) is 1. The third kappa shape index (κ3) is 5.70. The molecule has 4 rings (SSSR count). The van der Waals surface area contributed by atoms with E-state index in [0.717, 1.165) is 12.1 Å². The molecule has 12 heteroatoms. The highest BCUT2D eigenvalue weighted by Gasteiger charge is 2.30. The predicted molar refractivity (Wildman–Crippen MR) is 120 cm³/mol. The Morgan fingerprint density at radius 1 is 1.09 bits per heavy atom. The molecule has 0 spiro atoms. The van der Waals surface area contributed by atoms with Crippen molar-refractivity contribution in [2.75, 3.05) is 5.32 Å². The van der Waals surface area contributed by atoms with E-state index < -0.39 is 17.6 Å². The number of amides is 1. The maximum absolute atomic E-state index is 12.9. The summed E-state index contributed by atoms with van der Waals surface area (Å²) in [4.78, 5) is 12.5. The van der Waals surface area contributed by atoms with Crippen LogP contribution >= 0.6 is 23.2 Å². The van der Waals surface area contributed by atoms with Gasteiger partial charge in [-0.1, -0.05) is 41.4 Å². The van der Waals surface area contributed by atoms with Gasteiger partial charge in [0.05, 0.1) is 29.0 Å². The van der Waals surface area contributed by atoms with Gasteiger partial charge in [0.1, 0.15) is 10.8 Å². The highest BCUT2D eigenvalue weighted by molar-refractivity contribution is 6.42. The fourth-order valence-electron chi connectivity index (χ4n) is 3.03. The molecule has 0 unspecified atom stereocenters. The number of rotatable bonds is 7. The molecule has 0 fully saturated rings. The molecular weight excluding hydrogens is 494 g/mol. The van der Waals surface area contributed by atoms with E-state index in [1.807, 2.05) is 0 Å². The summed E-state index contributed by atoms with van der Waals surface area (Å²) in [5.74, 6) is -0.109. The number of nitrogens with zero attached hydrogens (tertiary/aromatic N) is 4.